The monoisotopic (exact) mass is 243 g/mol. The molecule has 3 unspecified atom stereocenters. The summed E-state index contributed by atoms with van der Waals surface area (Å²) in [5.41, 5.74) is 1.71. The minimum Gasteiger partial charge on any atom is -0.338 e. The molecule has 3 atom stereocenters. The van der Waals surface area contributed by atoms with Gasteiger partial charge in [-0.1, -0.05) is 12.8 Å². The molecule has 3 heterocycles. The van der Waals surface area contributed by atoms with Gasteiger partial charge in [0.1, 0.15) is 17.7 Å². The first-order valence-electron chi connectivity index (χ1n) is 6.82. The smallest absolute Gasteiger partial charge is 0.180 e. The molecule has 94 valence electrons. The molecular formula is C13H17N5. The Labute approximate surface area is 105 Å². The zero-order valence-electron chi connectivity index (χ0n) is 10.3. The lowest BCUT2D eigenvalue weighted by Gasteiger charge is -2.24. The number of aromatic amines is 1. The van der Waals surface area contributed by atoms with Crippen LogP contribution in [0.1, 0.15) is 44.0 Å². The molecule has 1 aliphatic heterocycles. The van der Waals surface area contributed by atoms with Crippen LogP contribution < -0.4 is 5.32 Å². The number of hydrogen-bond donors (Lipinski definition) is 2. The number of aromatic nitrogens is 4. The number of nitrogens with one attached hydrogen (secondary N) is 2. The summed E-state index contributed by atoms with van der Waals surface area (Å²) in [6.45, 7) is 0. The number of H-pyrrole nitrogens is 1. The van der Waals surface area contributed by atoms with Gasteiger partial charge >= 0.3 is 0 Å². The fourth-order valence-corrected chi connectivity index (χ4v) is 3.47. The largest absolute Gasteiger partial charge is 0.338 e. The molecule has 2 aliphatic rings. The van der Waals surface area contributed by atoms with E-state index in [1.54, 1.807) is 12.5 Å². The summed E-state index contributed by atoms with van der Waals surface area (Å²) in [5.74, 6) is 1.86. The predicted molar refractivity (Wildman–Crippen MR) is 67.9 cm³/mol. The Morgan fingerprint density at radius 2 is 2.17 bits per heavy atom. The summed E-state index contributed by atoms with van der Waals surface area (Å²) in [7, 11) is 0. The van der Waals surface area contributed by atoms with E-state index >= 15 is 0 Å². The van der Waals surface area contributed by atoms with Crippen molar-refractivity contribution in [3.8, 4) is 0 Å². The average molecular weight is 243 g/mol. The summed E-state index contributed by atoms with van der Waals surface area (Å²) in [6, 6.07) is 1.07. The molecule has 2 N–H and O–H groups in total. The second-order valence-corrected chi connectivity index (χ2v) is 5.49. The summed E-state index contributed by atoms with van der Waals surface area (Å²) in [4.78, 5) is 16.1. The topological polar surface area (TPSA) is 66.5 Å². The molecule has 5 nitrogen and oxygen atoms in total. The number of rotatable bonds is 1. The van der Waals surface area contributed by atoms with Gasteiger partial charge in [-0.2, -0.15) is 0 Å². The molecule has 0 amide bonds. The van der Waals surface area contributed by atoms with Crippen LogP contribution in [0.15, 0.2) is 12.5 Å². The van der Waals surface area contributed by atoms with Crippen molar-refractivity contribution in [1.29, 1.82) is 0 Å². The lowest BCUT2D eigenvalue weighted by Crippen LogP contribution is -2.30. The van der Waals surface area contributed by atoms with Crippen molar-refractivity contribution in [3.63, 3.8) is 0 Å². The van der Waals surface area contributed by atoms with Crippen molar-refractivity contribution < 1.29 is 0 Å². The van der Waals surface area contributed by atoms with Crippen molar-refractivity contribution in [2.24, 2.45) is 5.92 Å². The Morgan fingerprint density at radius 3 is 3.06 bits per heavy atom. The normalized spacial score (nSPS) is 31.7. The highest BCUT2D eigenvalue weighted by Gasteiger charge is 2.36. The second kappa shape index (κ2) is 4.02. The summed E-state index contributed by atoms with van der Waals surface area (Å²) in [5, 5.41) is 3.73. The lowest BCUT2D eigenvalue weighted by atomic mass is 9.85. The van der Waals surface area contributed by atoms with Crippen LogP contribution in [0.3, 0.4) is 0 Å². The van der Waals surface area contributed by atoms with E-state index in [-0.39, 0.29) is 0 Å². The zero-order chi connectivity index (χ0) is 11.9. The van der Waals surface area contributed by atoms with Crippen molar-refractivity contribution >= 4 is 11.2 Å². The van der Waals surface area contributed by atoms with Crippen LogP contribution in [-0.2, 0) is 0 Å². The van der Waals surface area contributed by atoms with Gasteiger partial charge in [-0.25, -0.2) is 15.0 Å². The molecule has 2 aromatic heterocycles. The molecule has 18 heavy (non-hydrogen) atoms. The molecule has 1 saturated carbocycles. The predicted octanol–water partition coefficient (Wildman–Crippen LogP) is 1.95. The first kappa shape index (κ1) is 10.4. The lowest BCUT2D eigenvalue weighted by molar-refractivity contribution is 0.325. The van der Waals surface area contributed by atoms with Crippen LogP contribution >= 0.6 is 0 Å². The van der Waals surface area contributed by atoms with Gasteiger partial charge < -0.3 is 10.3 Å². The van der Waals surface area contributed by atoms with Gasteiger partial charge in [-0.05, 0) is 25.2 Å². The quantitative estimate of drug-likeness (QED) is 0.803. The Bertz CT molecular complexity index is 516. The fraction of sp³-hybridized carbons (Fsp3) is 0.615. The highest BCUT2D eigenvalue weighted by molar-refractivity contribution is 5.68. The highest BCUT2D eigenvalue weighted by atomic mass is 15.1. The van der Waals surface area contributed by atoms with Crippen molar-refractivity contribution in [1.82, 2.24) is 25.3 Å². The number of nitrogens with zero attached hydrogens (tertiary/aromatic N) is 3. The van der Waals surface area contributed by atoms with Gasteiger partial charge in [0.25, 0.3) is 0 Å². The van der Waals surface area contributed by atoms with Crippen LogP contribution in [0.4, 0.5) is 0 Å². The molecular weight excluding hydrogens is 226 g/mol. The summed E-state index contributed by atoms with van der Waals surface area (Å²) in [6.07, 6.45) is 10.00. The summed E-state index contributed by atoms with van der Waals surface area (Å²) >= 11 is 0. The maximum atomic E-state index is 4.58. The molecule has 0 bridgehead atoms. The highest BCUT2D eigenvalue weighted by Crippen LogP contribution is 2.38. The van der Waals surface area contributed by atoms with E-state index in [1.165, 1.54) is 32.1 Å². The maximum Gasteiger partial charge on any atom is 0.180 e. The van der Waals surface area contributed by atoms with Gasteiger partial charge in [0.05, 0.1) is 12.2 Å². The van der Waals surface area contributed by atoms with E-state index in [0.29, 0.717) is 12.1 Å². The molecule has 2 fully saturated rings. The van der Waals surface area contributed by atoms with Crippen LogP contribution in [-0.4, -0.2) is 26.0 Å². The van der Waals surface area contributed by atoms with Crippen LogP contribution in [0.2, 0.25) is 0 Å². The van der Waals surface area contributed by atoms with Gasteiger partial charge in [-0.3, -0.25) is 0 Å². The SMILES string of the molecule is c1ncc2[nH]c(C3CC4CCCCC4N3)nc2n1. The zero-order valence-corrected chi connectivity index (χ0v) is 10.3. The Hall–Kier alpha value is -1.49. The molecule has 1 saturated heterocycles. The van der Waals surface area contributed by atoms with Gasteiger partial charge in [0.15, 0.2) is 5.65 Å². The minimum absolute atomic E-state index is 0.368. The molecule has 2 aromatic rings. The van der Waals surface area contributed by atoms with Crippen LogP contribution in [0, 0.1) is 5.92 Å². The minimum atomic E-state index is 0.368. The van der Waals surface area contributed by atoms with Crippen molar-refractivity contribution in [2.75, 3.05) is 0 Å². The molecule has 0 aromatic carbocycles. The molecule has 0 radical (unpaired) electrons. The van der Waals surface area contributed by atoms with Crippen LogP contribution in [0.25, 0.3) is 11.2 Å². The molecule has 5 heteroatoms. The van der Waals surface area contributed by atoms with E-state index in [1.807, 2.05) is 0 Å². The Kier molecular flexibility index (Phi) is 2.33. The van der Waals surface area contributed by atoms with E-state index in [0.717, 1.165) is 22.9 Å². The van der Waals surface area contributed by atoms with Crippen molar-refractivity contribution in [2.45, 2.75) is 44.2 Å². The third-order valence-corrected chi connectivity index (χ3v) is 4.37. The average Bonchev–Trinajstić information content (AvgIpc) is 3.02. The Morgan fingerprint density at radius 1 is 1.22 bits per heavy atom. The molecule has 1 aliphatic carbocycles. The van der Waals surface area contributed by atoms with Crippen LogP contribution in [0.5, 0.6) is 0 Å². The number of fused-ring (bicyclic) bond motifs is 2. The Balaban J connectivity index is 1.63. The van der Waals surface area contributed by atoms with Gasteiger partial charge in [-0.15, -0.1) is 0 Å². The number of hydrogen-bond acceptors (Lipinski definition) is 4. The third kappa shape index (κ3) is 1.61. The number of imidazole rings is 1. The molecule has 0 spiro atoms. The second-order valence-electron chi connectivity index (χ2n) is 5.49. The van der Waals surface area contributed by atoms with Crippen molar-refractivity contribution in [3.05, 3.63) is 18.3 Å². The fourth-order valence-electron chi connectivity index (χ4n) is 3.47. The standard InChI is InChI=1S/C13H17N5/c1-2-4-9-8(3-1)5-10(16-9)13-17-11-6-14-7-15-12(11)18-13/h6-10,16H,1-5H2,(H,14,15,17,18). The first-order chi connectivity index (χ1) is 8.90. The van der Waals surface area contributed by atoms with E-state index in [2.05, 4.69) is 25.3 Å². The molecule has 4 rings (SSSR count). The summed E-state index contributed by atoms with van der Waals surface area (Å²) < 4.78 is 0. The first-order valence-corrected chi connectivity index (χ1v) is 6.82. The van der Waals surface area contributed by atoms with Gasteiger partial charge in [0.2, 0.25) is 0 Å². The van der Waals surface area contributed by atoms with E-state index in [4.69, 9.17) is 0 Å². The van der Waals surface area contributed by atoms with Gasteiger partial charge in [0, 0.05) is 6.04 Å². The third-order valence-electron chi connectivity index (χ3n) is 4.37. The van der Waals surface area contributed by atoms with E-state index in [9.17, 15) is 0 Å². The van der Waals surface area contributed by atoms with E-state index < -0.39 is 0 Å². The maximum absolute atomic E-state index is 4.58.